The summed E-state index contributed by atoms with van der Waals surface area (Å²) in [5.74, 6) is 0.785. The van der Waals surface area contributed by atoms with E-state index in [1.807, 2.05) is 12.1 Å². The molecule has 1 aliphatic carbocycles. The summed E-state index contributed by atoms with van der Waals surface area (Å²) in [5, 5.41) is 7.83. The zero-order valence-corrected chi connectivity index (χ0v) is 16.9. The van der Waals surface area contributed by atoms with E-state index in [4.69, 9.17) is 0 Å². The van der Waals surface area contributed by atoms with Crippen molar-refractivity contribution in [1.29, 1.82) is 0 Å². The number of anilines is 1. The van der Waals surface area contributed by atoms with Crippen molar-refractivity contribution in [2.45, 2.75) is 59.5 Å². The first kappa shape index (κ1) is 17.6. The van der Waals surface area contributed by atoms with Gasteiger partial charge in [0, 0.05) is 4.88 Å². The van der Waals surface area contributed by atoms with Crippen molar-refractivity contribution in [3.05, 3.63) is 51.4 Å². The molecule has 2 heterocycles. The molecule has 0 radical (unpaired) electrons. The Morgan fingerprint density at radius 2 is 2.00 bits per heavy atom. The first-order valence-electron chi connectivity index (χ1n) is 9.68. The molecule has 3 nitrogen and oxygen atoms in total. The molecule has 0 saturated heterocycles. The fourth-order valence-electron chi connectivity index (χ4n) is 4.32. The number of amides is 1. The third kappa shape index (κ3) is 2.84. The van der Waals surface area contributed by atoms with Crippen molar-refractivity contribution in [2.24, 2.45) is 11.3 Å². The van der Waals surface area contributed by atoms with Crippen molar-refractivity contribution < 1.29 is 4.79 Å². The molecule has 26 heavy (non-hydrogen) atoms. The van der Waals surface area contributed by atoms with Gasteiger partial charge in [0.2, 0.25) is 0 Å². The fraction of sp³-hybridized carbons (Fsp3) is 0.500. The minimum Gasteiger partial charge on any atom is -0.353 e. The van der Waals surface area contributed by atoms with Crippen molar-refractivity contribution in [3.8, 4) is 0 Å². The van der Waals surface area contributed by atoms with Gasteiger partial charge >= 0.3 is 0 Å². The van der Waals surface area contributed by atoms with Gasteiger partial charge in [0.05, 0.1) is 5.56 Å². The number of fused-ring (bicyclic) bond motifs is 3. The second-order valence-corrected chi connectivity index (χ2v) is 9.50. The number of nitrogens with one attached hydrogen (secondary N) is 2. The zero-order valence-electron chi connectivity index (χ0n) is 16.1. The van der Waals surface area contributed by atoms with Crippen LogP contribution in [0.5, 0.6) is 0 Å². The number of benzene rings is 1. The Morgan fingerprint density at radius 3 is 2.73 bits per heavy atom. The van der Waals surface area contributed by atoms with Crippen LogP contribution in [-0.2, 0) is 12.8 Å². The highest BCUT2D eigenvalue weighted by atomic mass is 32.1. The fourth-order valence-corrected chi connectivity index (χ4v) is 5.67. The van der Waals surface area contributed by atoms with Crippen LogP contribution in [0.15, 0.2) is 24.3 Å². The number of hydrogen-bond acceptors (Lipinski definition) is 3. The molecule has 4 rings (SSSR count). The van der Waals surface area contributed by atoms with Crippen LogP contribution < -0.4 is 10.6 Å². The first-order chi connectivity index (χ1) is 12.4. The first-order valence-corrected chi connectivity index (χ1v) is 10.5. The van der Waals surface area contributed by atoms with Crippen molar-refractivity contribution in [3.63, 3.8) is 0 Å². The van der Waals surface area contributed by atoms with E-state index in [0.717, 1.165) is 29.0 Å². The van der Waals surface area contributed by atoms with E-state index >= 15 is 0 Å². The Kier molecular flexibility index (Phi) is 4.34. The summed E-state index contributed by atoms with van der Waals surface area (Å²) in [7, 11) is 0. The quantitative estimate of drug-likeness (QED) is 0.756. The minimum atomic E-state index is -0.140. The van der Waals surface area contributed by atoms with Gasteiger partial charge in [-0.1, -0.05) is 51.5 Å². The Bertz CT molecular complexity index is 852. The van der Waals surface area contributed by atoms with Gasteiger partial charge in [-0.05, 0) is 54.2 Å². The van der Waals surface area contributed by atoms with E-state index in [1.54, 1.807) is 11.3 Å². The molecule has 1 aliphatic heterocycles. The maximum atomic E-state index is 12.9. The lowest BCUT2D eigenvalue weighted by molar-refractivity contribution is 0.0934. The van der Waals surface area contributed by atoms with Gasteiger partial charge in [-0.3, -0.25) is 4.79 Å². The van der Waals surface area contributed by atoms with Crippen LogP contribution >= 0.6 is 11.3 Å². The summed E-state index contributed by atoms with van der Waals surface area (Å²) in [6, 6.07) is 8.25. The molecule has 1 amide bonds. The van der Waals surface area contributed by atoms with E-state index in [2.05, 4.69) is 50.5 Å². The number of rotatable bonds is 3. The number of carbonyl (C=O) groups is 1. The molecule has 2 N–H and O–H groups in total. The van der Waals surface area contributed by atoms with Gasteiger partial charge in [0.25, 0.3) is 5.91 Å². The molecule has 0 fully saturated rings. The summed E-state index contributed by atoms with van der Waals surface area (Å²) in [5.41, 5.74) is 4.90. The van der Waals surface area contributed by atoms with Crippen LogP contribution in [0.3, 0.4) is 0 Å². The van der Waals surface area contributed by atoms with Crippen LogP contribution in [0, 0.1) is 18.3 Å². The Morgan fingerprint density at radius 1 is 1.23 bits per heavy atom. The molecular formula is C22H28N2OS. The molecule has 2 atom stereocenters. The predicted octanol–water partition coefficient (Wildman–Crippen LogP) is 5.45. The average molecular weight is 369 g/mol. The summed E-state index contributed by atoms with van der Waals surface area (Å²) < 4.78 is 0. The average Bonchev–Trinajstić information content (AvgIpc) is 3.00. The largest absolute Gasteiger partial charge is 0.353 e. The zero-order chi connectivity index (χ0) is 18.5. The summed E-state index contributed by atoms with van der Waals surface area (Å²) >= 11 is 1.80. The van der Waals surface area contributed by atoms with E-state index in [0.29, 0.717) is 11.3 Å². The molecule has 4 heteroatoms. The predicted molar refractivity (Wildman–Crippen MR) is 109 cm³/mol. The smallest absolute Gasteiger partial charge is 0.256 e. The maximum Gasteiger partial charge on any atom is 0.256 e. The SMILES string of the molecule is CCC(C)(C)[C@@H]1CCc2c(sc3c2C(=O)N[C@@H](c2ccccc2C)N3)C1. The van der Waals surface area contributed by atoms with Crippen LogP contribution in [0.1, 0.15) is 71.7 Å². The van der Waals surface area contributed by atoms with Gasteiger partial charge in [-0.15, -0.1) is 11.3 Å². The van der Waals surface area contributed by atoms with Crippen LogP contribution in [0.4, 0.5) is 5.00 Å². The van der Waals surface area contributed by atoms with Crippen LogP contribution in [0.2, 0.25) is 0 Å². The second-order valence-electron chi connectivity index (χ2n) is 8.40. The third-order valence-electron chi connectivity index (χ3n) is 6.56. The number of carbonyl (C=O) groups excluding carboxylic acids is 1. The van der Waals surface area contributed by atoms with Gasteiger partial charge < -0.3 is 10.6 Å². The minimum absolute atomic E-state index is 0.0812. The maximum absolute atomic E-state index is 12.9. The van der Waals surface area contributed by atoms with E-state index in [-0.39, 0.29) is 12.1 Å². The van der Waals surface area contributed by atoms with Gasteiger partial charge in [0.15, 0.2) is 0 Å². The van der Waals surface area contributed by atoms with E-state index in [1.165, 1.54) is 28.8 Å². The molecule has 0 bridgehead atoms. The molecular weight excluding hydrogens is 340 g/mol. The van der Waals surface area contributed by atoms with E-state index in [9.17, 15) is 4.79 Å². The standard InChI is InChI=1S/C22H28N2OS/c1-5-22(3,4)14-10-11-16-17(12-14)26-21-18(16)20(25)23-19(24-21)15-9-7-6-8-13(15)2/h6-9,14,19,24H,5,10-12H2,1-4H3,(H,23,25)/t14-,19-/m1/s1. The van der Waals surface area contributed by atoms with E-state index < -0.39 is 0 Å². The third-order valence-corrected chi connectivity index (χ3v) is 7.74. The van der Waals surface area contributed by atoms with Crippen molar-refractivity contribution >= 4 is 22.2 Å². The molecule has 2 aromatic rings. The summed E-state index contributed by atoms with van der Waals surface area (Å²) in [6.45, 7) is 9.15. The summed E-state index contributed by atoms with van der Waals surface area (Å²) in [4.78, 5) is 14.3. The monoisotopic (exact) mass is 368 g/mol. The topological polar surface area (TPSA) is 41.1 Å². The molecule has 138 valence electrons. The lowest BCUT2D eigenvalue weighted by Crippen LogP contribution is -2.38. The summed E-state index contributed by atoms with van der Waals surface area (Å²) in [6.07, 6.45) is 4.38. The number of aryl methyl sites for hydroxylation is 1. The second kappa shape index (κ2) is 6.41. The number of hydrogen-bond donors (Lipinski definition) is 2. The molecule has 1 aromatic heterocycles. The lowest BCUT2D eigenvalue weighted by atomic mass is 9.69. The number of thiophene rings is 1. The highest BCUT2D eigenvalue weighted by molar-refractivity contribution is 7.16. The molecule has 0 saturated carbocycles. The van der Waals surface area contributed by atoms with Gasteiger partial charge in [0.1, 0.15) is 11.2 Å². The van der Waals surface area contributed by atoms with Gasteiger partial charge in [-0.25, -0.2) is 0 Å². The Labute approximate surface area is 160 Å². The molecule has 2 aliphatic rings. The lowest BCUT2D eigenvalue weighted by Gasteiger charge is -2.36. The normalized spacial score (nSPS) is 22.2. The van der Waals surface area contributed by atoms with Crippen molar-refractivity contribution in [2.75, 3.05) is 5.32 Å². The highest BCUT2D eigenvalue weighted by Crippen LogP contribution is 2.47. The van der Waals surface area contributed by atoms with Gasteiger partial charge in [-0.2, -0.15) is 0 Å². The van der Waals surface area contributed by atoms with Crippen molar-refractivity contribution in [1.82, 2.24) is 5.32 Å². The molecule has 0 spiro atoms. The van der Waals surface area contributed by atoms with Crippen LogP contribution in [-0.4, -0.2) is 5.91 Å². The van der Waals surface area contributed by atoms with Crippen LogP contribution in [0.25, 0.3) is 0 Å². The Hall–Kier alpha value is -1.81. The molecule has 0 unspecified atom stereocenters. The Balaban J connectivity index is 1.65. The molecule has 1 aromatic carbocycles. The highest BCUT2D eigenvalue weighted by Gasteiger charge is 2.37.